The van der Waals surface area contributed by atoms with Crippen LogP contribution in [0.2, 0.25) is 5.02 Å². The zero-order valence-corrected chi connectivity index (χ0v) is 12.8. The monoisotopic (exact) mass is 306 g/mol. The number of anilines is 1. The van der Waals surface area contributed by atoms with Gasteiger partial charge in [-0.05, 0) is 32.0 Å². The quantitative estimate of drug-likeness (QED) is 0.811. The SMILES string of the molecule is CCN(CC(C)(C)O)S(=O)(=O)c1cc(Cl)ccc1N. The lowest BCUT2D eigenvalue weighted by atomic mass is 10.1. The van der Waals surface area contributed by atoms with Gasteiger partial charge in [0.2, 0.25) is 10.0 Å². The van der Waals surface area contributed by atoms with Crippen molar-refractivity contribution in [2.45, 2.75) is 31.3 Å². The highest BCUT2D eigenvalue weighted by Crippen LogP contribution is 2.26. The standard InChI is InChI=1S/C12H19ClN2O3S/c1-4-15(8-12(2,3)16)19(17,18)11-7-9(13)5-6-10(11)14/h5-7,16H,4,8,14H2,1-3H3. The van der Waals surface area contributed by atoms with Crippen molar-refractivity contribution < 1.29 is 13.5 Å². The van der Waals surface area contributed by atoms with Crippen molar-refractivity contribution in [3.63, 3.8) is 0 Å². The van der Waals surface area contributed by atoms with E-state index in [0.717, 1.165) is 0 Å². The smallest absolute Gasteiger partial charge is 0.245 e. The van der Waals surface area contributed by atoms with Crippen LogP contribution in [0, 0.1) is 0 Å². The van der Waals surface area contributed by atoms with E-state index < -0.39 is 15.6 Å². The first-order valence-corrected chi connectivity index (χ1v) is 7.67. The third kappa shape index (κ3) is 4.07. The van der Waals surface area contributed by atoms with Crippen LogP contribution < -0.4 is 5.73 Å². The zero-order chi connectivity index (χ0) is 14.8. The Hall–Kier alpha value is -0.820. The Morgan fingerprint density at radius 2 is 2.00 bits per heavy atom. The molecule has 0 saturated carbocycles. The Labute approximate surface area is 119 Å². The van der Waals surface area contributed by atoms with Crippen molar-refractivity contribution >= 4 is 27.3 Å². The van der Waals surface area contributed by atoms with Crippen LogP contribution in [0.25, 0.3) is 0 Å². The summed E-state index contributed by atoms with van der Waals surface area (Å²) in [7, 11) is -3.77. The molecule has 1 aromatic rings. The Morgan fingerprint density at radius 1 is 1.42 bits per heavy atom. The van der Waals surface area contributed by atoms with Crippen LogP contribution >= 0.6 is 11.6 Å². The van der Waals surface area contributed by atoms with E-state index in [2.05, 4.69) is 0 Å². The summed E-state index contributed by atoms with van der Waals surface area (Å²) in [6, 6.07) is 4.30. The van der Waals surface area contributed by atoms with Gasteiger partial charge in [-0.1, -0.05) is 18.5 Å². The number of rotatable bonds is 5. The lowest BCUT2D eigenvalue weighted by Crippen LogP contribution is -2.42. The summed E-state index contributed by atoms with van der Waals surface area (Å²) in [5.74, 6) is 0. The average molecular weight is 307 g/mol. The summed E-state index contributed by atoms with van der Waals surface area (Å²) in [5.41, 5.74) is 4.71. The summed E-state index contributed by atoms with van der Waals surface area (Å²) in [5, 5.41) is 10.1. The number of nitrogens with two attached hydrogens (primary N) is 1. The minimum atomic E-state index is -3.77. The molecule has 0 unspecified atom stereocenters. The maximum atomic E-state index is 12.5. The molecule has 108 valence electrons. The Morgan fingerprint density at radius 3 is 2.47 bits per heavy atom. The topological polar surface area (TPSA) is 83.6 Å². The van der Waals surface area contributed by atoms with E-state index in [1.165, 1.54) is 22.5 Å². The molecule has 0 spiro atoms. The largest absolute Gasteiger partial charge is 0.398 e. The predicted molar refractivity (Wildman–Crippen MR) is 76.6 cm³/mol. The number of aliphatic hydroxyl groups is 1. The van der Waals surface area contributed by atoms with Gasteiger partial charge >= 0.3 is 0 Å². The fourth-order valence-electron chi connectivity index (χ4n) is 1.67. The minimum Gasteiger partial charge on any atom is -0.398 e. The molecule has 0 aromatic heterocycles. The summed E-state index contributed by atoms with van der Waals surface area (Å²) in [6.07, 6.45) is 0. The fourth-order valence-corrected chi connectivity index (χ4v) is 3.65. The van der Waals surface area contributed by atoms with E-state index in [1.54, 1.807) is 20.8 Å². The minimum absolute atomic E-state index is 0.0161. The predicted octanol–water partition coefficient (Wildman–Crippen LogP) is 1.70. The van der Waals surface area contributed by atoms with Crippen molar-refractivity contribution in [2.75, 3.05) is 18.8 Å². The molecule has 0 fully saturated rings. The molecule has 0 radical (unpaired) electrons. The van der Waals surface area contributed by atoms with Gasteiger partial charge in [-0.3, -0.25) is 0 Å². The second-order valence-electron chi connectivity index (χ2n) is 4.93. The molecule has 0 heterocycles. The third-order valence-electron chi connectivity index (χ3n) is 2.51. The van der Waals surface area contributed by atoms with Crippen LogP contribution in [0.3, 0.4) is 0 Å². The summed E-state index contributed by atoms with van der Waals surface area (Å²) in [6.45, 7) is 5.01. The number of likely N-dealkylation sites (N-methyl/N-ethyl adjacent to an activating group) is 1. The molecule has 0 aliphatic carbocycles. The number of benzene rings is 1. The van der Waals surface area contributed by atoms with Gasteiger partial charge in [0.1, 0.15) is 4.90 Å². The van der Waals surface area contributed by atoms with Crippen LogP contribution in [-0.4, -0.2) is 36.5 Å². The van der Waals surface area contributed by atoms with Gasteiger partial charge < -0.3 is 10.8 Å². The highest BCUT2D eigenvalue weighted by atomic mass is 35.5. The van der Waals surface area contributed by atoms with Crippen molar-refractivity contribution in [1.82, 2.24) is 4.31 Å². The number of hydrogen-bond donors (Lipinski definition) is 2. The molecule has 19 heavy (non-hydrogen) atoms. The van der Waals surface area contributed by atoms with Gasteiger partial charge in [-0.25, -0.2) is 8.42 Å². The first-order valence-electron chi connectivity index (χ1n) is 5.85. The van der Waals surface area contributed by atoms with Gasteiger partial charge in [0.15, 0.2) is 0 Å². The number of hydrogen-bond acceptors (Lipinski definition) is 4. The molecule has 0 aliphatic rings. The van der Waals surface area contributed by atoms with E-state index in [9.17, 15) is 13.5 Å². The van der Waals surface area contributed by atoms with Gasteiger partial charge in [0.25, 0.3) is 0 Å². The van der Waals surface area contributed by atoms with E-state index in [1.807, 2.05) is 0 Å². The summed E-state index contributed by atoms with van der Waals surface area (Å²) < 4.78 is 26.2. The number of sulfonamides is 1. The maximum absolute atomic E-state index is 12.5. The van der Waals surface area contributed by atoms with E-state index in [4.69, 9.17) is 17.3 Å². The van der Waals surface area contributed by atoms with Gasteiger partial charge in [0.05, 0.1) is 11.3 Å². The van der Waals surface area contributed by atoms with Gasteiger partial charge in [0, 0.05) is 18.1 Å². The highest BCUT2D eigenvalue weighted by Gasteiger charge is 2.29. The second kappa shape index (κ2) is 5.66. The van der Waals surface area contributed by atoms with Crippen LogP contribution in [0.4, 0.5) is 5.69 Å². The molecule has 1 aromatic carbocycles. The zero-order valence-electron chi connectivity index (χ0n) is 11.2. The third-order valence-corrected chi connectivity index (χ3v) is 4.72. The van der Waals surface area contributed by atoms with E-state index >= 15 is 0 Å². The number of halogens is 1. The second-order valence-corrected chi connectivity index (χ2v) is 7.27. The van der Waals surface area contributed by atoms with Gasteiger partial charge in [-0.2, -0.15) is 4.31 Å². The van der Waals surface area contributed by atoms with Crippen LogP contribution in [-0.2, 0) is 10.0 Å². The molecule has 0 saturated heterocycles. The van der Waals surface area contributed by atoms with Crippen LogP contribution in [0.1, 0.15) is 20.8 Å². The lowest BCUT2D eigenvalue weighted by Gasteiger charge is -2.27. The molecule has 7 heteroatoms. The van der Waals surface area contributed by atoms with E-state index in [0.29, 0.717) is 5.02 Å². The van der Waals surface area contributed by atoms with Crippen molar-refractivity contribution in [2.24, 2.45) is 0 Å². The summed E-state index contributed by atoms with van der Waals surface area (Å²) in [4.78, 5) is -0.0360. The Kier molecular flexibility index (Phi) is 4.84. The van der Waals surface area contributed by atoms with Gasteiger partial charge in [-0.15, -0.1) is 0 Å². The number of nitrogens with zero attached hydrogens (tertiary/aromatic N) is 1. The number of nitrogen functional groups attached to an aromatic ring is 1. The molecule has 3 N–H and O–H groups in total. The molecular formula is C12H19ClN2O3S. The molecule has 1 rings (SSSR count). The van der Waals surface area contributed by atoms with E-state index in [-0.39, 0.29) is 23.7 Å². The van der Waals surface area contributed by atoms with Crippen molar-refractivity contribution in [1.29, 1.82) is 0 Å². The van der Waals surface area contributed by atoms with Crippen molar-refractivity contribution in [3.05, 3.63) is 23.2 Å². The highest BCUT2D eigenvalue weighted by molar-refractivity contribution is 7.89. The molecular weight excluding hydrogens is 288 g/mol. The lowest BCUT2D eigenvalue weighted by molar-refractivity contribution is 0.0601. The molecule has 5 nitrogen and oxygen atoms in total. The molecule has 0 amide bonds. The Balaban J connectivity index is 3.25. The van der Waals surface area contributed by atoms with Crippen LogP contribution in [0.5, 0.6) is 0 Å². The molecule has 0 bridgehead atoms. The average Bonchev–Trinajstić information content (AvgIpc) is 2.27. The normalized spacial score (nSPS) is 12.9. The summed E-state index contributed by atoms with van der Waals surface area (Å²) >= 11 is 5.82. The van der Waals surface area contributed by atoms with Crippen LogP contribution in [0.15, 0.2) is 23.1 Å². The van der Waals surface area contributed by atoms with Crippen molar-refractivity contribution in [3.8, 4) is 0 Å². The first kappa shape index (κ1) is 16.2. The Bertz CT molecular complexity index is 553. The molecule has 0 aliphatic heterocycles. The fraction of sp³-hybridized carbons (Fsp3) is 0.500. The maximum Gasteiger partial charge on any atom is 0.245 e. The molecule has 0 atom stereocenters. The first-order chi connectivity index (χ1) is 8.58.